The molecule has 1 aromatic heterocycles. The molecule has 0 radical (unpaired) electrons. The van der Waals surface area contributed by atoms with Crippen LogP contribution in [0.25, 0.3) is 10.9 Å². The number of rotatable bonds is 10. The van der Waals surface area contributed by atoms with Crippen LogP contribution in [0.5, 0.6) is 17.2 Å². The summed E-state index contributed by atoms with van der Waals surface area (Å²) in [6.07, 6.45) is 7.38. The molecule has 25 heavy (non-hydrogen) atoms. The van der Waals surface area contributed by atoms with E-state index in [0.717, 1.165) is 23.1 Å². The van der Waals surface area contributed by atoms with E-state index < -0.39 is 0 Å². The molecule has 0 aliphatic heterocycles. The number of hydrogen-bond donors (Lipinski definition) is 0. The summed E-state index contributed by atoms with van der Waals surface area (Å²) in [6, 6.07) is 5.70. The van der Waals surface area contributed by atoms with Crippen molar-refractivity contribution in [1.82, 2.24) is 4.57 Å². The molecule has 0 fully saturated rings. The van der Waals surface area contributed by atoms with E-state index in [1.807, 2.05) is 18.2 Å². The first-order valence-electron chi connectivity index (χ1n) is 9.01. The number of nitrogens with zero attached hydrogens (tertiary/aromatic N) is 1. The van der Waals surface area contributed by atoms with Crippen LogP contribution in [0.1, 0.15) is 45.4 Å². The lowest BCUT2D eigenvalue weighted by Gasteiger charge is -2.14. The Morgan fingerprint density at radius 2 is 1.64 bits per heavy atom. The SMILES string of the molecule is CCCCCCCCOc1ccc2c(OC)c(OC)c(=O)n(C)c2c1. The summed E-state index contributed by atoms with van der Waals surface area (Å²) in [7, 11) is 4.74. The molecule has 5 nitrogen and oxygen atoms in total. The van der Waals surface area contributed by atoms with Crippen LogP contribution < -0.4 is 19.8 Å². The van der Waals surface area contributed by atoms with Gasteiger partial charge >= 0.3 is 0 Å². The molecule has 0 amide bonds. The summed E-state index contributed by atoms with van der Waals surface area (Å²) in [6.45, 7) is 2.92. The molecule has 5 heteroatoms. The molecule has 2 rings (SSSR count). The number of unbranched alkanes of at least 4 members (excludes halogenated alkanes) is 5. The van der Waals surface area contributed by atoms with Crippen molar-refractivity contribution < 1.29 is 14.2 Å². The van der Waals surface area contributed by atoms with Crippen LogP contribution >= 0.6 is 0 Å². The van der Waals surface area contributed by atoms with Gasteiger partial charge in [-0.15, -0.1) is 0 Å². The van der Waals surface area contributed by atoms with Gasteiger partial charge in [-0.1, -0.05) is 39.0 Å². The second-order valence-electron chi connectivity index (χ2n) is 6.23. The number of benzene rings is 1. The molecule has 1 aromatic carbocycles. The van der Waals surface area contributed by atoms with E-state index in [1.165, 1.54) is 39.2 Å². The molecular formula is C20H29NO4. The Morgan fingerprint density at radius 3 is 2.32 bits per heavy atom. The monoisotopic (exact) mass is 347 g/mol. The maximum absolute atomic E-state index is 12.4. The van der Waals surface area contributed by atoms with Crippen molar-refractivity contribution in [2.45, 2.75) is 45.4 Å². The third kappa shape index (κ3) is 4.47. The predicted octanol–water partition coefficient (Wildman–Crippen LogP) is 4.30. The number of methoxy groups -OCH3 is 2. The van der Waals surface area contributed by atoms with Crippen molar-refractivity contribution in [2.75, 3.05) is 20.8 Å². The zero-order valence-electron chi connectivity index (χ0n) is 15.8. The number of hydrogen-bond acceptors (Lipinski definition) is 4. The minimum Gasteiger partial charge on any atom is -0.494 e. The number of pyridine rings is 1. The van der Waals surface area contributed by atoms with Crippen molar-refractivity contribution in [1.29, 1.82) is 0 Å². The average molecular weight is 347 g/mol. The Labute approximate surface area is 149 Å². The van der Waals surface area contributed by atoms with Crippen LogP contribution in [0.4, 0.5) is 0 Å². The van der Waals surface area contributed by atoms with Gasteiger partial charge in [-0.05, 0) is 18.6 Å². The minimum absolute atomic E-state index is 0.221. The Balaban J connectivity index is 2.12. The van der Waals surface area contributed by atoms with E-state index in [2.05, 4.69) is 6.92 Å². The average Bonchev–Trinajstić information content (AvgIpc) is 2.63. The molecular weight excluding hydrogens is 318 g/mol. The molecule has 0 aliphatic carbocycles. The summed E-state index contributed by atoms with van der Waals surface area (Å²) in [4.78, 5) is 12.4. The number of ether oxygens (including phenoxy) is 3. The van der Waals surface area contributed by atoms with Gasteiger partial charge in [0.1, 0.15) is 5.75 Å². The molecule has 138 valence electrons. The van der Waals surface area contributed by atoms with E-state index in [-0.39, 0.29) is 11.3 Å². The second-order valence-corrected chi connectivity index (χ2v) is 6.23. The predicted molar refractivity (Wildman–Crippen MR) is 101 cm³/mol. The smallest absolute Gasteiger partial charge is 0.297 e. The van der Waals surface area contributed by atoms with Crippen molar-refractivity contribution in [3.63, 3.8) is 0 Å². The highest BCUT2D eigenvalue weighted by atomic mass is 16.5. The van der Waals surface area contributed by atoms with Crippen LogP contribution in [-0.4, -0.2) is 25.4 Å². The van der Waals surface area contributed by atoms with Crippen LogP contribution in [0, 0.1) is 0 Å². The van der Waals surface area contributed by atoms with Gasteiger partial charge in [0, 0.05) is 18.5 Å². The van der Waals surface area contributed by atoms with E-state index in [0.29, 0.717) is 12.4 Å². The van der Waals surface area contributed by atoms with E-state index in [4.69, 9.17) is 14.2 Å². The molecule has 0 aliphatic rings. The Hall–Kier alpha value is -2.17. The zero-order valence-corrected chi connectivity index (χ0v) is 15.8. The lowest BCUT2D eigenvalue weighted by atomic mass is 10.1. The van der Waals surface area contributed by atoms with E-state index in [1.54, 1.807) is 18.7 Å². The molecule has 2 aromatic rings. The lowest BCUT2D eigenvalue weighted by molar-refractivity contribution is 0.304. The summed E-state index contributed by atoms with van der Waals surface area (Å²) >= 11 is 0. The highest BCUT2D eigenvalue weighted by Crippen LogP contribution is 2.33. The molecule has 0 spiro atoms. The summed E-state index contributed by atoms with van der Waals surface area (Å²) in [5.41, 5.74) is 0.544. The van der Waals surface area contributed by atoms with Gasteiger partial charge in [0.2, 0.25) is 5.75 Å². The molecule has 0 saturated heterocycles. The highest BCUT2D eigenvalue weighted by molar-refractivity contribution is 5.88. The van der Waals surface area contributed by atoms with Gasteiger partial charge in [0.15, 0.2) is 5.75 Å². The quantitative estimate of drug-likeness (QED) is 0.602. The third-order valence-corrected chi connectivity index (χ3v) is 4.46. The molecule has 0 N–H and O–H groups in total. The van der Waals surface area contributed by atoms with Gasteiger partial charge in [-0.25, -0.2) is 0 Å². The zero-order chi connectivity index (χ0) is 18.2. The first-order chi connectivity index (χ1) is 12.1. The second kappa shape index (κ2) is 9.35. The fraction of sp³-hybridized carbons (Fsp3) is 0.550. The minimum atomic E-state index is -0.222. The molecule has 0 bridgehead atoms. The van der Waals surface area contributed by atoms with Crippen molar-refractivity contribution in [3.8, 4) is 17.2 Å². The van der Waals surface area contributed by atoms with Gasteiger partial charge in [-0.3, -0.25) is 4.79 Å². The molecule has 0 saturated carbocycles. The first-order valence-corrected chi connectivity index (χ1v) is 9.01. The first kappa shape index (κ1) is 19.2. The molecule has 1 heterocycles. The lowest BCUT2D eigenvalue weighted by Crippen LogP contribution is -2.19. The van der Waals surface area contributed by atoms with Gasteiger partial charge in [-0.2, -0.15) is 0 Å². The Morgan fingerprint density at radius 1 is 0.960 bits per heavy atom. The standard InChI is InChI=1S/C20H29NO4/c1-5-6-7-8-9-10-13-25-15-11-12-16-17(14-15)21(2)20(22)19(24-4)18(16)23-3/h11-12,14H,5-10,13H2,1-4H3. The normalized spacial score (nSPS) is 10.9. The fourth-order valence-corrected chi connectivity index (χ4v) is 3.01. The van der Waals surface area contributed by atoms with Crippen molar-refractivity contribution in [3.05, 3.63) is 28.6 Å². The van der Waals surface area contributed by atoms with Gasteiger partial charge in [0.05, 0.1) is 26.3 Å². The Kier molecular flexibility index (Phi) is 7.16. The number of aryl methyl sites for hydroxylation is 1. The summed E-state index contributed by atoms with van der Waals surface area (Å²) < 4.78 is 18.0. The summed E-state index contributed by atoms with van der Waals surface area (Å²) in [5, 5.41) is 0.827. The van der Waals surface area contributed by atoms with Crippen LogP contribution in [0.3, 0.4) is 0 Å². The Bertz CT molecular complexity index is 751. The maximum atomic E-state index is 12.4. The van der Waals surface area contributed by atoms with Crippen LogP contribution in [0.15, 0.2) is 23.0 Å². The van der Waals surface area contributed by atoms with Crippen molar-refractivity contribution in [2.24, 2.45) is 7.05 Å². The number of aromatic nitrogens is 1. The van der Waals surface area contributed by atoms with Crippen LogP contribution in [0.2, 0.25) is 0 Å². The van der Waals surface area contributed by atoms with E-state index in [9.17, 15) is 4.79 Å². The topological polar surface area (TPSA) is 49.7 Å². The van der Waals surface area contributed by atoms with E-state index >= 15 is 0 Å². The molecule has 0 unspecified atom stereocenters. The highest BCUT2D eigenvalue weighted by Gasteiger charge is 2.17. The fourth-order valence-electron chi connectivity index (χ4n) is 3.01. The largest absolute Gasteiger partial charge is 0.494 e. The van der Waals surface area contributed by atoms with Gasteiger partial charge < -0.3 is 18.8 Å². The maximum Gasteiger partial charge on any atom is 0.297 e. The van der Waals surface area contributed by atoms with Gasteiger partial charge in [0.25, 0.3) is 5.56 Å². The number of fused-ring (bicyclic) bond motifs is 1. The summed E-state index contributed by atoms with van der Waals surface area (Å²) in [5.74, 6) is 1.45. The third-order valence-electron chi connectivity index (χ3n) is 4.46. The van der Waals surface area contributed by atoms with Crippen molar-refractivity contribution >= 4 is 10.9 Å². The molecule has 0 atom stereocenters. The van der Waals surface area contributed by atoms with Crippen LogP contribution in [-0.2, 0) is 7.05 Å².